The zero-order valence-electron chi connectivity index (χ0n) is 7.06. The van der Waals surface area contributed by atoms with Crippen LogP contribution in [0.1, 0.15) is 23.6 Å². The molecule has 13 heavy (non-hydrogen) atoms. The van der Waals surface area contributed by atoms with Crippen molar-refractivity contribution in [2.45, 2.75) is 18.9 Å². The van der Waals surface area contributed by atoms with Crippen molar-refractivity contribution >= 4 is 30.6 Å². The number of anilines is 1. The minimum absolute atomic E-state index is 0. The van der Waals surface area contributed by atoms with Gasteiger partial charge in [0.25, 0.3) is 0 Å². The summed E-state index contributed by atoms with van der Waals surface area (Å²) in [6.07, 6.45) is 3.79. The van der Waals surface area contributed by atoms with Crippen molar-refractivity contribution in [1.29, 1.82) is 0 Å². The second-order valence-electron chi connectivity index (χ2n) is 2.91. The maximum Gasteiger partial charge on any atom is 0.128 e. The van der Waals surface area contributed by atoms with E-state index in [2.05, 4.69) is 4.98 Å². The maximum absolute atomic E-state index is 5.83. The van der Waals surface area contributed by atoms with Crippen molar-refractivity contribution in [1.82, 2.24) is 4.98 Å². The number of pyridine rings is 1. The summed E-state index contributed by atoms with van der Waals surface area (Å²) in [6, 6.07) is 2.11. The lowest BCUT2D eigenvalue weighted by atomic mass is 10.1. The predicted molar refractivity (Wildman–Crippen MR) is 58.4 cm³/mol. The highest BCUT2D eigenvalue weighted by Gasteiger charge is 2.21. The van der Waals surface area contributed by atoms with E-state index in [9.17, 15) is 0 Å². The second kappa shape index (κ2) is 4.65. The molecule has 1 atom stereocenters. The van der Waals surface area contributed by atoms with Gasteiger partial charge in [0, 0.05) is 17.8 Å². The fourth-order valence-electron chi connectivity index (χ4n) is 1.63. The number of nitrogen functional groups attached to an aromatic ring is 1. The smallest absolute Gasteiger partial charge is 0.128 e. The van der Waals surface area contributed by atoms with E-state index >= 15 is 0 Å². The van der Waals surface area contributed by atoms with Gasteiger partial charge in [-0.3, -0.25) is 0 Å². The standard InChI is InChI=1S/C8H11N3.2ClH/c9-6-2-1-5-3-4-11-8(10)7(5)6;;/h3-4,6H,1-2,9H2,(H2,10,11);2*1H. The summed E-state index contributed by atoms with van der Waals surface area (Å²) in [5.74, 6) is 0.604. The Balaban J connectivity index is 0.000000720. The molecule has 1 unspecified atom stereocenters. The molecule has 5 heteroatoms. The van der Waals surface area contributed by atoms with Crippen LogP contribution in [0.15, 0.2) is 12.3 Å². The van der Waals surface area contributed by atoms with E-state index in [-0.39, 0.29) is 30.9 Å². The van der Waals surface area contributed by atoms with Crippen molar-refractivity contribution in [3.63, 3.8) is 0 Å². The number of aromatic nitrogens is 1. The average Bonchev–Trinajstić information content (AvgIpc) is 2.34. The second-order valence-corrected chi connectivity index (χ2v) is 2.91. The molecule has 0 amide bonds. The molecule has 0 bridgehead atoms. The number of nitrogens with two attached hydrogens (primary N) is 2. The SMILES string of the molecule is Cl.Cl.Nc1nccc2c1C(N)CC2. The molecule has 2 rings (SSSR count). The van der Waals surface area contributed by atoms with Gasteiger partial charge in [-0.25, -0.2) is 4.98 Å². The molecular formula is C8H13Cl2N3. The molecule has 0 aliphatic heterocycles. The summed E-state index contributed by atoms with van der Waals surface area (Å²) >= 11 is 0. The predicted octanol–water partition coefficient (Wildman–Crippen LogP) is 1.45. The number of aryl methyl sites for hydroxylation is 1. The molecule has 3 nitrogen and oxygen atoms in total. The summed E-state index contributed by atoms with van der Waals surface area (Å²) in [4.78, 5) is 4.00. The van der Waals surface area contributed by atoms with Crippen LogP contribution in [0.5, 0.6) is 0 Å². The molecule has 1 aromatic heterocycles. The van der Waals surface area contributed by atoms with Crippen molar-refractivity contribution < 1.29 is 0 Å². The van der Waals surface area contributed by atoms with Gasteiger partial charge in [-0.1, -0.05) is 0 Å². The molecule has 0 saturated carbocycles. The Bertz CT molecular complexity index is 291. The average molecular weight is 222 g/mol. The Morgan fingerprint density at radius 3 is 2.69 bits per heavy atom. The third-order valence-electron chi connectivity index (χ3n) is 2.21. The van der Waals surface area contributed by atoms with E-state index in [1.165, 1.54) is 5.56 Å². The van der Waals surface area contributed by atoms with Crippen molar-refractivity contribution in [3.8, 4) is 0 Å². The normalized spacial score (nSPS) is 18.4. The third-order valence-corrected chi connectivity index (χ3v) is 2.21. The highest BCUT2D eigenvalue weighted by Crippen LogP contribution is 2.31. The Morgan fingerprint density at radius 2 is 2.08 bits per heavy atom. The topological polar surface area (TPSA) is 64.9 Å². The highest BCUT2D eigenvalue weighted by molar-refractivity contribution is 5.85. The van der Waals surface area contributed by atoms with Crippen molar-refractivity contribution in [3.05, 3.63) is 23.4 Å². The number of hydrogen-bond donors (Lipinski definition) is 2. The number of rotatable bonds is 0. The Morgan fingerprint density at radius 1 is 1.38 bits per heavy atom. The van der Waals surface area contributed by atoms with Gasteiger partial charge in [-0.2, -0.15) is 0 Å². The molecule has 1 heterocycles. The molecule has 0 saturated heterocycles. The number of fused-ring (bicyclic) bond motifs is 1. The molecule has 74 valence electrons. The maximum atomic E-state index is 5.83. The first-order valence-electron chi connectivity index (χ1n) is 3.78. The Labute approximate surface area is 89.7 Å². The first kappa shape index (κ1) is 12.5. The van der Waals surface area contributed by atoms with Gasteiger partial charge in [0.1, 0.15) is 5.82 Å². The van der Waals surface area contributed by atoms with Crippen LogP contribution < -0.4 is 11.5 Å². The van der Waals surface area contributed by atoms with Crippen molar-refractivity contribution in [2.75, 3.05) is 5.73 Å². The van der Waals surface area contributed by atoms with Crippen LogP contribution >= 0.6 is 24.8 Å². The Hall–Kier alpha value is -0.510. The zero-order chi connectivity index (χ0) is 7.84. The van der Waals surface area contributed by atoms with Gasteiger partial charge in [0.15, 0.2) is 0 Å². The summed E-state index contributed by atoms with van der Waals surface area (Å²) in [5.41, 5.74) is 13.8. The van der Waals surface area contributed by atoms with E-state index < -0.39 is 0 Å². The Kier molecular flexibility index (Phi) is 4.47. The third kappa shape index (κ3) is 2.05. The van der Waals surface area contributed by atoms with Crippen LogP contribution in [0.4, 0.5) is 5.82 Å². The molecular weight excluding hydrogens is 209 g/mol. The van der Waals surface area contributed by atoms with Crippen LogP contribution in [0.25, 0.3) is 0 Å². The minimum Gasteiger partial charge on any atom is -0.383 e. The lowest BCUT2D eigenvalue weighted by Gasteiger charge is -2.05. The summed E-state index contributed by atoms with van der Waals surface area (Å²) in [5, 5.41) is 0. The summed E-state index contributed by atoms with van der Waals surface area (Å²) in [7, 11) is 0. The molecule has 4 N–H and O–H groups in total. The number of halogens is 2. The van der Waals surface area contributed by atoms with E-state index in [0.717, 1.165) is 18.4 Å². The highest BCUT2D eigenvalue weighted by atomic mass is 35.5. The molecule has 0 fully saturated rings. The van der Waals surface area contributed by atoms with Crippen LogP contribution in [0.3, 0.4) is 0 Å². The zero-order valence-corrected chi connectivity index (χ0v) is 8.70. The molecule has 1 aliphatic rings. The van der Waals surface area contributed by atoms with Gasteiger partial charge in [0.2, 0.25) is 0 Å². The van der Waals surface area contributed by atoms with E-state index in [0.29, 0.717) is 5.82 Å². The van der Waals surface area contributed by atoms with Crippen LogP contribution in [-0.4, -0.2) is 4.98 Å². The first-order chi connectivity index (χ1) is 5.29. The van der Waals surface area contributed by atoms with Gasteiger partial charge in [-0.05, 0) is 24.5 Å². The minimum atomic E-state index is 0. The van der Waals surface area contributed by atoms with E-state index in [4.69, 9.17) is 11.5 Å². The summed E-state index contributed by atoms with van der Waals surface area (Å²) < 4.78 is 0. The number of nitrogens with zero attached hydrogens (tertiary/aromatic N) is 1. The summed E-state index contributed by atoms with van der Waals surface area (Å²) in [6.45, 7) is 0. The molecule has 1 aromatic rings. The van der Waals surface area contributed by atoms with Crippen LogP contribution in [-0.2, 0) is 6.42 Å². The fourth-order valence-corrected chi connectivity index (χ4v) is 1.63. The molecule has 0 radical (unpaired) electrons. The lowest BCUT2D eigenvalue weighted by molar-refractivity contribution is 0.713. The lowest BCUT2D eigenvalue weighted by Crippen LogP contribution is -2.08. The van der Waals surface area contributed by atoms with Gasteiger partial charge >= 0.3 is 0 Å². The largest absolute Gasteiger partial charge is 0.383 e. The van der Waals surface area contributed by atoms with Gasteiger partial charge in [0.05, 0.1) is 0 Å². The molecule has 0 spiro atoms. The fraction of sp³-hybridized carbons (Fsp3) is 0.375. The quantitative estimate of drug-likeness (QED) is 0.698. The van der Waals surface area contributed by atoms with Gasteiger partial charge < -0.3 is 11.5 Å². The van der Waals surface area contributed by atoms with Crippen molar-refractivity contribution in [2.24, 2.45) is 5.73 Å². The number of hydrogen-bond acceptors (Lipinski definition) is 3. The van der Waals surface area contributed by atoms with Crippen LogP contribution in [0, 0.1) is 0 Å². The first-order valence-corrected chi connectivity index (χ1v) is 3.78. The van der Waals surface area contributed by atoms with Gasteiger partial charge in [-0.15, -0.1) is 24.8 Å². The van der Waals surface area contributed by atoms with E-state index in [1.54, 1.807) is 6.20 Å². The van der Waals surface area contributed by atoms with E-state index in [1.807, 2.05) is 6.07 Å². The monoisotopic (exact) mass is 221 g/mol. The molecule has 0 aromatic carbocycles. The molecule has 1 aliphatic carbocycles. The van der Waals surface area contributed by atoms with Crippen LogP contribution in [0.2, 0.25) is 0 Å².